The first-order valence-electron chi connectivity index (χ1n) is 6.38. The number of ether oxygens (including phenoxy) is 2. The van der Waals surface area contributed by atoms with Crippen molar-refractivity contribution in [1.29, 1.82) is 0 Å². The van der Waals surface area contributed by atoms with Gasteiger partial charge in [0.25, 0.3) is 0 Å². The number of carbonyl (C=O) groups excluding carboxylic acids is 1. The second-order valence-electron chi connectivity index (χ2n) is 4.64. The van der Waals surface area contributed by atoms with E-state index >= 15 is 0 Å². The summed E-state index contributed by atoms with van der Waals surface area (Å²) in [6, 6.07) is 8.70. The summed E-state index contributed by atoms with van der Waals surface area (Å²) < 4.78 is 15.5. The van der Waals surface area contributed by atoms with Crippen LogP contribution in [0.25, 0.3) is 0 Å². The van der Waals surface area contributed by atoms with Crippen LogP contribution in [0.4, 0.5) is 0 Å². The van der Waals surface area contributed by atoms with Crippen molar-refractivity contribution >= 4 is 5.97 Å². The molecule has 1 aromatic carbocycles. The van der Waals surface area contributed by atoms with Gasteiger partial charge in [-0.25, -0.2) is 4.79 Å². The fraction of sp³-hybridized carbons (Fsp3) is 0.267. The van der Waals surface area contributed by atoms with Crippen molar-refractivity contribution in [2.24, 2.45) is 5.73 Å². The number of fused-ring (bicyclic) bond motifs is 1. The van der Waals surface area contributed by atoms with E-state index in [0.717, 1.165) is 23.3 Å². The maximum absolute atomic E-state index is 11.4. The predicted octanol–water partition coefficient (Wildman–Crippen LogP) is 2.05. The van der Waals surface area contributed by atoms with Crippen LogP contribution in [-0.2, 0) is 11.2 Å². The lowest BCUT2D eigenvalue weighted by atomic mass is 10.0. The lowest BCUT2D eigenvalue weighted by Crippen LogP contribution is -2.11. The molecular weight excluding hydrogens is 258 g/mol. The SMILES string of the molecule is COC(=O)c1ccc(C(N)c2ccc3c(c2)CCO3)o1. The Labute approximate surface area is 116 Å². The van der Waals surface area contributed by atoms with Crippen molar-refractivity contribution in [1.82, 2.24) is 0 Å². The van der Waals surface area contributed by atoms with Gasteiger partial charge in [-0.05, 0) is 35.4 Å². The summed E-state index contributed by atoms with van der Waals surface area (Å²) in [5, 5.41) is 0. The Bertz CT molecular complexity index is 647. The number of hydrogen-bond donors (Lipinski definition) is 1. The monoisotopic (exact) mass is 273 g/mol. The van der Waals surface area contributed by atoms with Gasteiger partial charge in [-0.1, -0.05) is 6.07 Å². The molecule has 0 bridgehead atoms. The molecule has 1 aromatic heterocycles. The largest absolute Gasteiger partial charge is 0.493 e. The number of nitrogens with two attached hydrogens (primary N) is 1. The quantitative estimate of drug-likeness (QED) is 0.866. The van der Waals surface area contributed by atoms with Crippen molar-refractivity contribution in [2.45, 2.75) is 12.5 Å². The fourth-order valence-corrected chi connectivity index (χ4v) is 2.29. The highest BCUT2D eigenvalue weighted by atomic mass is 16.5. The summed E-state index contributed by atoms with van der Waals surface area (Å²) in [6.07, 6.45) is 0.890. The summed E-state index contributed by atoms with van der Waals surface area (Å²) in [6.45, 7) is 0.710. The van der Waals surface area contributed by atoms with Gasteiger partial charge in [-0.3, -0.25) is 0 Å². The molecule has 3 rings (SSSR count). The summed E-state index contributed by atoms with van der Waals surface area (Å²) in [7, 11) is 1.31. The Morgan fingerprint density at radius 1 is 1.35 bits per heavy atom. The van der Waals surface area contributed by atoms with Gasteiger partial charge in [0.15, 0.2) is 0 Å². The molecule has 5 nitrogen and oxygen atoms in total. The van der Waals surface area contributed by atoms with Crippen LogP contribution in [0.5, 0.6) is 5.75 Å². The molecule has 2 heterocycles. The van der Waals surface area contributed by atoms with E-state index in [1.165, 1.54) is 7.11 Å². The number of methoxy groups -OCH3 is 1. The molecule has 2 N–H and O–H groups in total. The first kappa shape index (κ1) is 12.7. The third kappa shape index (κ3) is 2.16. The average Bonchev–Trinajstić information content (AvgIpc) is 3.13. The standard InChI is InChI=1S/C15H15NO4/c1-18-15(17)13-5-4-12(20-13)14(16)10-2-3-11-9(8-10)6-7-19-11/h2-5,8,14H,6-7,16H2,1H3. The van der Waals surface area contributed by atoms with Crippen LogP contribution in [0.3, 0.4) is 0 Å². The van der Waals surface area contributed by atoms with Crippen LogP contribution >= 0.6 is 0 Å². The molecule has 0 saturated heterocycles. The second-order valence-corrected chi connectivity index (χ2v) is 4.64. The zero-order valence-electron chi connectivity index (χ0n) is 11.1. The van der Waals surface area contributed by atoms with E-state index in [0.29, 0.717) is 12.4 Å². The molecule has 0 aliphatic carbocycles. The Morgan fingerprint density at radius 2 is 2.20 bits per heavy atom. The molecule has 1 atom stereocenters. The van der Waals surface area contributed by atoms with Gasteiger partial charge in [0, 0.05) is 6.42 Å². The highest BCUT2D eigenvalue weighted by Gasteiger charge is 2.19. The molecule has 2 aromatic rings. The lowest BCUT2D eigenvalue weighted by Gasteiger charge is -2.10. The average molecular weight is 273 g/mol. The Kier molecular flexibility index (Phi) is 3.20. The van der Waals surface area contributed by atoms with Crippen LogP contribution < -0.4 is 10.5 Å². The van der Waals surface area contributed by atoms with Gasteiger partial charge in [0.1, 0.15) is 11.5 Å². The minimum Gasteiger partial charge on any atom is -0.493 e. The molecule has 0 fully saturated rings. The van der Waals surface area contributed by atoms with E-state index in [1.807, 2.05) is 18.2 Å². The molecule has 20 heavy (non-hydrogen) atoms. The fourth-order valence-electron chi connectivity index (χ4n) is 2.29. The van der Waals surface area contributed by atoms with Crippen LogP contribution in [0.1, 0.15) is 33.5 Å². The van der Waals surface area contributed by atoms with E-state index in [1.54, 1.807) is 12.1 Å². The lowest BCUT2D eigenvalue weighted by molar-refractivity contribution is 0.0562. The third-order valence-corrected chi connectivity index (χ3v) is 3.39. The van der Waals surface area contributed by atoms with Gasteiger partial charge in [-0.15, -0.1) is 0 Å². The molecular formula is C15H15NO4. The van der Waals surface area contributed by atoms with Crippen LogP contribution in [0.15, 0.2) is 34.7 Å². The number of furan rings is 1. The first-order valence-corrected chi connectivity index (χ1v) is 6.38. The van der Waals surface area contributed by atoms with E-state index in [2.05, 4.69) is 4.74 Å². The molecule has 0 radical (unpaired) electrons. The van der Waals surface area contributed by atoms with Crippen molar-refractivity contribution in [3.05, 3.63) is 53.0 Å². The van der Waals surface area contributed by atoms with Gasteiger partial charge in [-0.2, -0.15) is 0 Å². The zero-order valence-corrected chi connectivity index (χ0v) is 11.1. The van der Waals surface area contributed by atoms with E-state index in [-0.39, 0.29) is 5.76 Å². The maximum Gasteiger partial charge on any atom is 0.373 e. The molecule has 5 heteroatoms. The smallest absolute Gasteiger partial charge is 0.373 e. The van der Waals surface area contributed by atoms with Crippen LogP contribution in [0, 0.1) is 0 Å². The minimum absolute atomic E-state index is 0.155. The van der Waals surface area contributed by atoms with Crippen LogP contribution in [0.2, 0.25) is 0 Å². The maximum atomic E-state index is 11.4. The number of rotatable bonds is 3. The van der Waals surface area contributed by atoms with E-state index in [9.17, 15) is 4.79 Å². The number of benzene rings is 1. The molecule has 0 saturated carbocycles. The topological polar surface area (TPSA) is 74.7 Å². The summed E-state index contributed by atoms with van der Waals surface area (Å²) in [5.41, 5.74) is 8.26. The van der Waals surface area contributed by atoms with Crippen molar-refractivity contribution in [2.75, 3.05) is 13.7 Å². The van der Waals surface area contributed by atoms with Crippen molar-refractivity contribution < 1.29 is 18.7 Å². The third-order valence-electron chi connectivity index (χ3n) is 3.39. The molecule has 1 aliphatic heterocycles. The van der Waals surface area contributed by atoms with Gasteiger partial charge >= 0.3 is 5.97 Å². The summed E-state index contributed by atoms with van der Waals surface area (Å²) in [4.78, 5) is 11.4. The van der Waals surface area contributed by atoms with Crippen molar-refractivity contribution in [3.63, 3.8) is 0 Å². The predicted molar refractivity (Wildman–Crippen MR) is 71.7 cm³/mol. The first-order chi connectivity index (χ1) is 9.69. The summed E-state index contributed by atoms with van der Waals surface area (Å²) >= 11 is 0. The molecule has 1 aliphatic rings. The Balaban J connectivity index is 1.86. The highest BCUT2D eigenvalue weighted by Crippen LogP contribution is 2.30. The molecule has 1 unspecified atom stereocenters. The van der Waals surface area contributed by atoms with Crippen molar-refractivity contribution in [3.8, 4) is 5.75 Å². The number of carbonyl (C=O) groups is 1. The van der Waals surface area contributed by atoms with E-state index in [4.69, 9.17) is 14.9 Å². The highest BCUT2D eigenvalue weighted by molar-refractivity contribution is 5.86. The normalized spacial score (nSPS) is 14.5. The second kappa shape index (κ2) is 5.02. The van der Waals surface area contributed by atoms with Gasteiger partial charge in [0.2, 0.25) is 5.76 Å². The Hall–Kier alpha value is -2.27. The van der Waals surface area contributed by atoms with E-state index < -0.39 is 12.0 Å². The molecule has 0 amide bonds. The van der Waals surface area contributed by atoms with Gasteiger partial charge < -0.3 is 19.6 Å². The molecule has 104 valence electrons. The minimum atomic E-state index is -0.509. The van der Waals surface area contributed by atoms with Crippen LogP contribution in [-0.4, -0.2) is 19.7 Å². The summed E-state index contributed by atoms with van der Waals surface area (Å²) in [5.74, 6) is 1.09. The molecule has 0 spiro atoms. The van der Waals surface area contributed by atoms with Gasteiger partial charge in [0.05, 0.1) is 19.8 Å². The number of hydrogen-bond acceptors (Lipinski definition) is 5. The zero-order chi connectivity index (χ0) is 14.1. The Morgan fingerprint density at radius 3 is 3.00 bits per heavy atom. The number of esters is 1.